The van der Waals surface area contributed by atoms with Crippen LogP contribution in [-0.4, -0.2) is 14.2 Å². The highest BCUT2D eigenvalue weighted by atomic mass is 35.5. The van der Waals surface area contributed by atoms with Crippen LogP contribution in [0.1, 0.15) is 37.8 Å². The van der Waals surface area contributed by atoms with E-state index in [1.807, 2.05) is 18.2 Å². The Kier molecular flexibility index (Phi) is 7.75. The van der Waals surface area contributed by atoms with Gasteiger partial charge >= 0.3 is 0 Å². The number of benzene rings is 1. The molecule has 0 aromatic heterocycles. The summed E-state index contributed by atoms with van der Waals surface area (Å²) in [5, 5.41) is 0. The van der Waals surface area contributed by atoms with Gasteiger partial charge < -0.3 is 15.2 Å². The van der Waals surface area contributed by atoms with E-state index < -0.39 is 0 Å². The summed E-state index contributed by atoms with van der Waals surface area (Å²) in [5.41, 5.74) is 7.19. The Morgan fingerprint density at radius 1 is 1.12 bits per heavy atom. The minimum Gasteiger partial charge on any atom is -0.497 e. The van der Waals surface area contributed by atoms with Crippen LogP contribution in [0, 0.1) is 0 Å². The van der Waals surface area contributed by atoms with Gasteiger partial charge in [-0.15, -0.1) is 12.4 Å². The third-order valence-corrected chi connectivity index (χ3v) is 2.67. The van der Waals surface area contributed by atoms with Gasteiger partial charge in [-0.3, -0.25) is 0 Å². The molecule has 17 heavy (non-hydrogen) atoms. The average Bonchev–Trinajstić information content (AvgIpc) is 2.35. The van der Waals surface area contributed by atoms with Crippen molar-refractivity contribution in [1.82, 2.24) is 0 Å². The zero-order chi connectivity index (χ0) is 12.0. The Bertz CT molecular complexity index is 309. The van der Waals surface area contributed by atoms with Crippen molar-refractivity contribution in [3.8, 4) is 11.5 Å². The molecule has 0 aliphatic carbocycles. The Hall–Kier alpha value is -0.930. The lowest BCUT2D eigenvalue weighted by molar-refractivity contribution is 0.392. The first-order valence-corrected chi connectivity index (χ1v) is 5.69. The molecule has 0 unspecified atom stereocenters. The van der Waals surface area contributed by atoms with Gasteiger partial charge in [-0.25, -0.2) is 0 Å². The molecular formula is C13H22ClNO2. The molecule has 0 radical (unpaired) electrons. The maximum absolute atomic E-state index is 6.12. The molecule has 0 bridgehead atoms. The zero-order valence-electron chi connectivity index (χ0n) is 10.7. The van der Waals surface area contributed by atoms with Gasteiger partial charge in [0, 0.05) is 12.1 Å². The summed E-state index contributed by atoms with van der Waals surface area (Å²) in [6, 6.07) is 5.87. The number of hydrogen-bond donors (Lipinski definition) is 1. The number of unbranched alkanes of at least 4 members (excludes halogenated alkanes) is 1. The molecule has 0 aliphatic heterocycles. The third kappa shape index (κ3) is 4.84. The fraction of sp³-hybridized carbons (Fsp3) is 0.538. The molecule has 0 fully saturated rings. The van der Waals surface area contributed by atoms with Crippen LogP contribution in [0.2, 0.25) is 0 Å². The highest BCUT2D eigenvalue weighted by Gasteiger charge is 2.09. The maximum atomic E-state index is 6.12. The second kappa shape index (κ2) is 8.20. The molecule has 0 spiro atoms. The van der Waals surface area contributed by atoms with Crippen LogP contribution in [0.5, 0.6) is 11.5 Å². The molecule has 98 valence electrons. The molecule has 0 saturated heterocycles. The first kappa shape index (κ1) is 16.1. The van der Waals surface area contributed by atoms with E-state index in [0.29, 0.717) is 0 Å². The highest BCUT2D eigenvalue weighted by molar-refractivity contribution is 5.85. The van der Waals surface area contributed by atoms with Crippen molar-refractivity contribution in [1.29, 1.82) is 0 Å². The summed E-state index contributed by atoms with van der Waals surface area (Å²) in [6.45, 7) is 2.17. The summed E-state index contributed by atoms with van der Waals surface area (Å²) in [6.07, 6.45) is 3.29. The van der Waals surface area contributed by atoms with E-state index in [1.165, 1.54) is 0 Å². The van der Waals surface area contributed by atoms with E-state index >= 15 is 0 Å². The smallest absolute Gasteiger partial charge is 0.122 e. The number of hydrogen-bond acceptors (Lipinski definition) is 3. The van der Waals surface area contributed by atoms with Crippen molar-refractivity contribution in [3.63, 3.8) is 0 Å². The molecule has 4 heteroatoms. The normalized spacial score (nSPS) is 11.5. The van der Waals surface area contributed by atoms with Crippen LogP contribution in [-0.2, 0) is 0 Å². The first-order valence-electron chi connectivity index (χ1n) is 5.69. The van der Waals surface area contributed by atoms with E-state index in [-0.39, 0.29) is 18.4 Å². The number of halogens is 1. The molecule has 0 amide bonds. The fourth-order valence-electron chi connectivity index (χ4n) is 1.63. The SMILES string of the molecule is CCCC[C@H](N)c1cc(OC)cc(OC)c1.Cl. The summed E-state index contributed by atoms with van der Waals surface area (Å²) in [5.74, 6) is 1.59. The van der Waals surface area contributed by atoms with Gasteiger partial charge in [0.1, 0.15) is 11.5 Å². The summed E-state index contributed by atoms with van der Waals surface area (Å²) in [4.78, 5) is 0. The lowest BCUT2D eigenvalue weighted by Crippen LogP contribution is -2.10. The van der Waals surface area contributed by atoms with Crippen LogP contribution >= 0.6 is 12.4 Å². The lowest BCUT2D eigenvalue weighted by atomic mass is 10.0. The molecule has 1 aromatic rings. The van der Waals surface area contributed by atoms with Gasteiger partial charge in [0.25, 0.3) is 0 Å². The zero-order valence-corrected chi connectivity index (χ0v) is 11.5. The molecule has 1 rings (SSSR count). The van der Waals surface area contributed by atoms with E-state index in [0.717, 1.165) is 36.3 Å². The van der Waals surface area contributed by atoms with Crippen LogP contribution in [0.25, 0.3) is 0 Å². The summed E-state index contributed by atoms with van der Waals surface area (Å²) in [7, 11) is 3.30. The maximum Gasteiger partial charge on any atom is 0.122 e. The molecule has 0 aliphatic rings. The van der Waals surface area contributed by atoms with Crippen LogP contribution in [0.4, 0.5) is 0 Å². The first-order chi connectivity index (χ1) is 7.71. The second-order valence-corrected chi connectivity index (χ2v) is 3.89. The van der Waals surface area contributed by atoms with Gasteiger partial charge in [-0.1, -0.05) is 19.8 Å². The molecule has 0 heterocycles. The largest absolute Gasteiger partial charge is 0.497 e. The molecular weight excluding hydrogens is 238 g/mol. The van der Waals surface area contributed by atoms with E-state index in [2.05, 4.69) is 6.92 Å². The molecule has 2 N–H and O–H groups in total. The number of rotatable bonds is 6. The van der Waals surface area contributed by atoms with Gasteiger partial charge in [0.2, 0.25) is 0 Å². The predicted molar refractivity (Wildman–Crippen MR) is 73.2 cm³/mol. The molecule has 3 nitrogen and oxygen atoms in total. The Labute approximate surface area is 110 Å². The standard InChI is InChI=1S/C13H21NO2.ClH/c1-4-5-6-13(14)10-7-11(15-2)9-12(8-10)16-3;/h7-9,13H,4-6,14H2,1-3H3;1H/t13-;/m0./s1. The van der Waals surface area contributed by atoms with Gasteiger partial charge in [0.15, 0.2) is 0 Å². The van der Waals surface area contributed by atoms with Crippen molar-refractivity contribution in [2.75, 3.05) is 14.2 Å². The quantitative estimate of drug-likeness (QED) is 0.852. The minimum absolute atomic E-state index is 0. The van der Waals surface area contributed by atoms with E-state index in [1.54, 1.807) is 14.2 Å². The highest BCUT2D eigenvalue weighted by Crippen LogP contribution is 2.27. The van der Waals surface area contributed by atoms with E-state index in [9.17, 15) is 0 Å². The van der Waals surface area contributed by atoms with Gasteiger partial charge in [0.05, 0.1) is 14.2 Å². The fourth-order valence-corrected chi connectivity index (χ4v) is 1.63. The minimum atomic E-state index is 0. The Balaban J connectivity index is 0.00000256. The van der Waals surface area contributed by atoms with Crippen molar-refractivity contribution in [3.05, 3.63) is 23.8 Å². The number of nitrogens with two attached hydrogens (primary N) is 1. The van der Waals surface area contributed by atoms with Crippen molar-refractivity contribution in [2.45, 2.75) is 32.2 Å². The number of methoxy groups -OCH3 is 2. The summed E-state index contributed by atoms with van der Waals surface area (Å²) >= 11 is 0. The molecule has 1 aromatic carbocycles. The van der Waals surface area contributed by atoms with Crippen LogP contribution in [0.15, 0.2) is 18.2 Å². The monoisotopic (exact) mass is 259 g/mol. The molecule has 0 saturated carbocycles. The van der Waals surface area contributed by atoms with Crippen molar-refractivity contribution in [2.24, 2.45) is 5.73 Å². The van der Waals surface area contributed by atoms with Crippen molar-refractivity contribution < 1.29 is 9.47 Å². The third-order valence-electron chi connectivity index (χ3n) is 2.67. The Morgan fingerprint density at radius 3 is 2.06 bits per heavy atom. The molecule has 1 atom stereocenters. The van der Waals surface area contributed by atoms with Gasteiger partial charge in [-0.05, 0) is 24.1 Å². The average molecular weight is 260 g/mol. The summed E-state index contributed by atoms with van der Waals surface area (Å²) < 4.78 is 10.4. The predicted octanol–water partition coefficient (Wildman–Crippen LogP) is 3.32. The van der Waals surface area contributed by atoms with E-state index in [4.69, 9.17) is 15.2 Å². The van der Waals surface area contributed by atoms with Gasteiger partial charge in [-0.2, -0.15) is 0 Å². The lowest BCUT2D eigenvalue weighted by Gasteiger charge is -2.14. The second-order valence-electron chi connectivity index (χ2n) is 3.89. The topological polar surface area (TPSA) is 44.5 Å². The van der Waals surface area contributed by atoms with Crippen LogP contribution in [0.3, 0.4) is 0 Å². The number of ether oxygens (including phenoxy) is 2. The van der Waals surface area contributed by atoms with Crippen molar-refractivity contribution >= 4 is 12.4 Å². The van der Waals surface area contributed by atoms with Crippen LogP contribution < -0.4 is 15.2 Å². The Morgan fingerprint density at radius 2 is 1.65 bits per heavy atom.